The van der Waals surface area contributed by atoms with Crippen molar-refractivity contribution >= 4 is 17.6 Å². The second-order valence-corrected chi connectivity index (χ2v) is 5.96. The molecule has 1 saturated heterocycles. The Bertz CT molecular complexity index is 716. The summed E-state index contributed by atoms with van der Waals surface area (Å²) < 4.78 is 0. The van der Waals surface area contributed by atoms with Crippen molar-refractivity contribution < 1.29 is 9.59 Å². The molecule has 0 aromatic carbocycles. The first kappa shape index (κ1) is 16.1. The molecule has 1 fully saturated rings. The third-order valence-corrected chi connectivity index (χ3v) is 4.14. The monoisotopic (exact) mass is 324 g/mol. The van der Waals surface area contributed by atoms with Crippen LogP contribution in [-0.4, -0.2) is 39.3 Å². The molecule has 0 bridgehead atoms. The van der Waals surface area contributed by atoms with Crippen LogP contribution in [0.5, 0.6) is 0 Å². The standard InChI is InChI=1S/C18H20N4O2/c1-13-7-8-16(20-11-13)21-17(23)15-6-2-3-10-22(15)18(24)14-5-4-9-19-12-14/h4-5,7-9,11-12,15H,2-3,6,10H2,1H3,(H,20,21,23). The number of hydrogen-bond donors (Lipinski definition) is 1. The lowest BCUT2D eigenvalue weighted by Gasteiger charge is -2.34. The Morgan fingerprint density at radius 1 is 1.21 bits per heavy atom. The van der Waals surface area contributed by atoms with Gasteiger partial charge in [0.2, 0.25) is 5.91 Å². The average Bonchev–Trinajstić information content (AvgIpc) is 2.63. The number of nitrogens with zero attached hydrogens (tertiary/aromatic N) is 3. The minimum atomic E-state index is -0.477. The first-order chi connectivity index (χ1) is 11.6. The Morgan fingerprint density at radius 3 is 2.79 bits per heavy atom. The maximum absolute atomic E-state index is 12.7. The normalized spacial score (nSPS) is 17.4. The third-order valence-electron chi connectivity index (χ3n) is 4.14. The Hall–Kier alpha value is -2.76. The molecule has 0 spiro atoms. The summed E-state index contributed by atoms with van der Waals surface area (Å²) in [6, 6.07) is 6.63. The number of rotatable bonds is 3. The molecule has 2 aromatic rings. The molecule has 1 aliphatic rings. The van der Waals surface area contributed by atoms with Gasteiger partial charge < -0.3 is 10.2 Å². The van der Waals surface area contributed by atoms with Gasteiger partial charge in [-0.05, 0) is 49.9 Å². The van der Waals surface area contributed by atoms with E-state index in [0.717, 1.165) is 18.4 Å². The maximum atomic E-state index is 12.7. The fourth-order valence-electron chi connectivity index (χ4n) is 2.85. The number of aromatic nitrogens is 2. The minimum absolute atomic E-state index is 0.153. The van der Waals surface area contributed by atoms with E-state index in [1.807, 2.05) is 13.0 Å². The molecule has 1 N–H and O–H groups in total. The first-order valence-corrected chi connectivity index (χ1v) is 8.09. The molecule has 1 aliphatic heterocycles. The molecule has 1 unspecified atom stereocenters. The smallest absolute Gasteiger partial charge is 0.256 e. The van der Waals surface area contributed by atoms with Crippen molar-refractivity contribution in [3.8, 4) is 0 Å². The van der Waals surface area contributed by atoms with E-state index >= 15 is 0 Å². The van der Waals surface area contributed by atoms with E-state index in [4.69, 9.17) is 0 Å². The van der Waals surface area contributed by atoms with E-state index in [0.29, 0.717) is 24.3 Å². The predicted octanol–water partition coefficient (Wildman–Crippen LogP) is 2.42. The van der Waals surface area contributed by atoms with Crippen LogP contribution in [0.3, 0.4) is 0 Å². The van der Waals surface area contributed by atoms with Crippen LogP contribution in [0.2, 0.25) is 0 Å². The highest BCUT2D eigenvalue weighted by molar-refractivity contribution is 6.00. The van der Waals surface area contributed by atoms with Crippen LogP contribution in [0.25, 0.3) is 0 Å². The van der Waals surface area contributed by atoms with Gasteiger partial charge in [-0.15, -0.1) is 0 Å². The van der Waals surface area contributed by atoms with Gasteiger partial charge in [-0.2, -0.15) is 0 Å². The molecule has 0 saturated carbocycles. The quantitative estimate of drug-likeness (QED) is 0.941. The van der Waals surface area contributed by atoms with Gasteiger partial charge in [-0.1, -0.05) is 6.07 Å². The summed E-state index contributed by atoms with van der Waals surface area (Å²) in [5.41, 5.74) is 1.53. The number of nitrogens with one attached hydrogen (secondary N) is 1. The van der Waals surface area contributed by atoms with Gasteiger partial charge in [0.05, 0.1) is 5.56 Å². The Morgan fingerprint density at radius 2 is 2.08 bits per heavy atom. The largest absolute Gasteiger partial charge is 0.327 e. The van der Waals surface area contributed by atoms with Gasteiger partial charge >= 0.3 is 0 Å². The van der Waals surface area contributed by atoms with Crippen molar-refractivity contribution in [2.75, 3.05) is 11.9 Å². The number of likely N-dealkylation sites (tertiary alicyclic amines) is 1. The molecule has 2 amide bonds. The lowest BCUT2D eigenvalue weighted by atomic mass is 10.00. The zero-order valence-corrected chi connectivity index (χ0v) is 13.6. The summed E-state index contributed by atoms with van der Waals surface area (Å²) in [5.74, 6) is 0.160. The minimum Gasteiger partial charge on any atom is -0.327 e. The van der Waals surface area contributed by atoms with E-state index in [1.54, 1.807) is 35.5 Å². The highest BCUT2D eigenvalue weighted by Gasteiger charge is 2.32. The maximum Gasteiger partial charge on any atom is 0.256 e. The van der Waals surface area contributed by atoms with Crippen molar-refractivity contribution in [1.29, 1.82) is 0 Å². The van der Waals surface area contributed by atoms with Gasteiger partial charge in [0.1, 0.15) is 11.9 Å². The molecule has 3 rings (SSSR count). The molecule has 2 aromatic heterocycles. The molecular weight excluding hydrogens is 304 g/mol. The summed E-state index contributed by atoms with van der Waals surface area (Å²) in [4.78, 5) is 35.2. The van der Waals surface area contributed by atoms with Crippen molar-refractivity contribution in [1.82, 2.24) is 14.9 Å². The van der Waals surface area contributed by atoms with Gasteiger partial charge in [-0.3, -0.25) is 14.6 Å². The van der Waals surface area contributed by atoms with Crippen LogP contribution in [0.15, 0.2) is 42.9 Å². The second kappa shape index (κ2) is 7.21. The third kappa shape index (κ3) is 3.59. The molecular formula is C18H20N4O2. The van der Waals surface area contributed by atoms with Crippen LogP contribution in [0.4, 0.5) is 5.82 Å². The first-order valence-electron chi connectivity index (χ1n) is 8.09. The lowest BCUT2D eigenvalue weighted by molar-refractivity contribution is -0.121. The highest BCUT2D eigenvalue weighted by Crippen LogP contribution is 2.21. The number of aryl methyl sites for hydroxylation is 1. The summed E-state index contributed by atoms with van der Waals surface area (Å²) in [5, 5.41) is 2.82. The Labute approximate surface area is 140 Å². The zero-order chi connectivity index (χ0) is 16.9. The molecule has 124 valence electrons. The van der Waals surface area contributed by atoms with Gasteiger partial charge in [0, 0.05) is 25.1 Å². The van der Waals surface area contributed by atoms with Crippen molar-refractivity contribution in [3.63, 3.8) is 0 Å². The SMILES string of the molecule is Cc1ccc(NC(=O)C2CCCCN2C(=O)c2cccnc2)nc1. The van der Waals surface area contributed by atoms with Crippen molar-refractivity contribution in [2.45, 2.75) is 32.2 Å². The van der Waals surface area contributed by atoms with E-state index in [1.165, 1.54) is 6.20 Å². The molecule has 6 heteroatoms. The lowest BCUT2D eigenvalue weighted by Crippen LogP contribution is -2.50. The van der Waals surface area contributed by atoms with E-state index in [2.05, 4.69) is 15.3 Å². The van der Waals surface area contributed by atoms with E-state index < -0.39 is 6.04 Å². The molecule has 24 heavy (non-hydrogen) atoms. The number of carbonyl (C=O) groups excluding carboxylic acids is 2. The average molecular weight is 324 g/mol. The van der Waals surface area contributed by atoms with Crippen LogP contribution in [0, 0.1) is 6.92 Å². The fourth-order valence-corrected chi connectivity index (χ4v) is 2.85. The summed E-state index contributed by atoms with van der Waals surface area (Å²) >= 11 is 0. The second-order valence-electron chi connectivity index (χ2n) is 5.96. The Balaban J connectivity index is 1.75. The highest BCUT2D eigenvalue weighted by atomic mass is 16.2. The van der Waals surface area contributed by atoms with Crippen LogP contribution in [0.1, 0.15) is 35.2 Å². The van der Waals surface area contributed by atoms with E-state index in [-0.39, 0.29) is 11.8 Å². The van der Waals surface area contributed by atoms with Crippen LogP contribution in [-0.2, 0) is 4.79 Å². The number of carbonyl (C=O) groups is 2. The van der Waals surface area contributed by atoms with Crippen LogP contribution >= 0.6 is 0 Å². The molecule has 1 atom stereocenters. The molecule has 0 aliphatic carbocycles. The van der Waals surface area contributed by atoms with Gasteiger partial charge in [0.25, 0.3) is 5.91 Å². The Kier molecular flexibility index (Phi) is 4.84. The molecule has 3 heterocycles. The van der Waals surface area contributed by atoms with Gasteiger partial charge in [0.15, 0.2) is 0 Å². The number of piperidine rings is 1. The summed E-state index contributed by atoms with van der Waals surface area (Å²) in [6.45, 7) is 2.52. The number of anilines is 1. The number of hydrogen-bond acceptors (Lipinski definition) is 4. The zero-order valence-electron chi connectivity index (χ0n) is 13.6. The number of pyridine rings is 2. The van der Waals surface area contributed by atoms with E-state index in [9.17, 15) is 9.59 Å². The predicted molar refractivity (Wildman–Crippen MR) is 90.5 cm³/mol. The fraction of sp³-hybridized carbons (Fsp3) is 0.333. The molecule has 0 radical (unpaired) electrons. The summed E-state index contributed by atoms with van der Waals surface area (Å²) in [6.07, 6.45) is 7.35. The summed E-state index contributed by atoms with van der Waals surface area (Å²) in [7, 11) is 0. The molecule has 6 nitrogen and oxygen atoms in total. The van der Waals surface area contributed by atoms with Crippen LogP contribution < -0.4 is 5.32 Å². The topological polar surface area (TPSA) is 75.2 Å². The van der Waals surface area contributed by atoms with Crippen molar-refractivity contribution in [3.05, 3.63) is 54.0 Å². The van der Waals surface area contributed by atoms with Gasteiger partial charge in [-0.25, -0.2) is 4.98 Å². The van der Waals surface area contributed by atoms with Crippen molar-refractivity contribution in [2.24, 2.45) is 0 Å². The number of amides is 2.